The van der Waals surface area contributed by atoms with Crippen molar-refractivity contribution in [2.75, 3.05) is 12.4 Å². The van der Waals surface area contributed by atoms with Crippen LogP contribution >= 0.6 is 27.5 Å². The van der Waals surface area contributed by atoms with Gasteiger partial charge in [-0.05, 0) is 40.2 Å². The van der Waals surface area contributed by atoms with Crippen molar-refractivity contribution < 1.29 is 9.53 Å². The molecule has 98 valence electrons. The standard InChI is InChI=1S/C13H10BrClN2O2/c1-19-8-2-3-10(14)9(6-8)13(18)17-12-7-16-5-4-11(12)15/h2-7H,1H3,(H,17,18). The maximum absolute atomic E-state index is 12.2. The minimum absolute atomic E-state index is 0.291. The summed E-state index contributed by atoms with van der Waals surface area (Å²) in [4.78, 5) is 16.1. The normalized spacial score (nSPS) is 10.1. The lowest BCUT2D eigenvalue weighted by Crippen LogP contribution is -2.13. The van der Waals surface area contributed by atoms with E-state index in [-0.39, 0.29) is 5.91 Å². The van der Waals surface area contributed by atoms with Gasteiger partial charge in [0.15, 0.2) is 0 Å². The summed E-state index contributed by atoms with van der Waals surface area (Å²) in [6, 6.07) is 6.76. The van der Waals surface area contributed by atoms with E-state index < -0.39 is 0 Å². The number of anilines is 1. The zero-order valence-corrected chi connectivity index (χ0v) is 12.3. The highest BCUT2D eigenvalue weighted by atomic mass is 79.9. The summed E-state index contributed by atoms with van der Waals surface area (Å²) in [6.07, 6.45) is 3.05. The smallest absolute Gasteiger partial charge is 0.257 e. The number of benzene rings is 1. The summed E-state index contributed by atoms with van der Waals surface area (Å²) in [5, 5.41) is 3.13. The van der Waals surface area contributed by atoms with Crippen LogP contribution < -0.4 is 10.1 Å². The zero-order chi connectivity index (χ0) is 13.8. The molecule has 0 fully saturated rings. The number of rotatable bonds is 3. The third kappa shape index (κ3) is 3.24. The number of ether oxygens (including phenoxy) is 1. The molecule has 1 heterocycles. The minimum Gasteiger partial charge on any atom is -0.497 e. The summed E-state index contributed by atoms with van der Waals surface area (Å²) >= 11 is 9.29. The van der Waals surface area contributed by atoms with Gasteiger partial charge in [-0.3, -0.25) is 9.78 Å². The van der Waals surface area contributed by atoms with Gasteiger partial charge >= 0.3 is 0 Å². The molecule has 2 rings (SSSR count). The molecule has 0 saturated heterocycles. The van der Waals surface area contributed by atoms with Crippen molar-refractivity contribution in [3.05, 3.63) is 51.7 Å². The van der Waals surface area contributed by atoms with Crippen molar-refractivity contribution in [1.29, 1.82) is 0 Å². The van der Waals surface area contributed by atoms with Crippen LogP contribution in [0.3, 0.4) is 0 Å². The predicted molar refractivity (Wildman–Crippen MR) is 77.9 cm³/mol. The predicted octanol–water partition coefficient (Wildman–Crippen LogP) is 3.76. The fourth-order valence-corrected chi connectivity index (χ4v) is 2.04. The SMILES string of the molecule is COc1ccc(Br)c(C(=O)Nc2cnccc2Cl)c1. The van der Waals surface area contributed by atoms with Crippen molar-refractivity contribution in [3.8, 4) is 5.75 Å². The number of methoxy groups -OCH3 is 1. The number of nitrogens with one attached hydrogen (secondary N) is 1. The van der Waals surface area contributed by atoms with Gasteiger partial charge in [-0.1, -0.05) is 11.6 Å². The third-order valence-electron chi connectivity index (χ3n) is 2.43. The molecule has 0 spiro atoms. The van der Waals surface area contributed by atoms with Gasteiger partial charge in [-0.2, -0.15) is 0 Å². The fraction of sp³-hybridized carbons (Fsp3) is 0.0769. The van der Waals surface area contributed by atoms with E-state index in [1.807, 2.05) is 0 Å². The Hall–Kier alpha value is -1.59. The minimum atomic E-state index is -0.291. The molecule has 0 aliphatic rings. The van der Waals surface area contributed by atoms with E-state index in [2.05, 4.69) is 26.2 Å². The topological polar surface area (TPSA) is 51.2 Å². The Bertz CT molecular complexity index is 619. The first-order valence-electron chi connectivity index (χ1n) is 5.36. The van der Waals surface area contributed by atoms with Crippen LogP contribution in [0.2, 0.25) is 5.02 Å². The molecule has 0 bridgehead atoms. The van der Waals surface area contributed by atoms with Crippen LogP contribution in [0.5, 0.6) is 5.75 Å². The molecule has 0 unspecified atom stereocenters. The molecule has 1 amide bonds. The van der Waals surface area contributed by atoms with Crippen LogP contribution in [-0.2, 0) is 0 Å². The van der Waals surface area contributed by atoms with Gasteiger partial charge in [0.25, 0.3) is 5.91 Å². The molecule has 6 heteroatoms. The second-order valence-electron chi connectivity index (χ2n) is 3.66. The number of hydrogen-bond acceptors (Lipinski definition) is 3. The van der Waals surface area contributed by atoms with Crippen LogP contribution in [0.25, 0.3) is 0 Å². The van der Waals surface area contributed by atoms with E-state index in [1.165, 1.54) is 6.20 Å². The number of amides is 1. The average molecular weight is 342 g/mol. The van der Waals surface area contributed by atoms with Crippen LogP contribution in [0.4, 0.5) is 5.69 Å². The highest BCUT2D eigenvalue weighted by Crippen LogP contribution is 2.25. The highest BCUT2D eigenvalue weighted by molar-refractivity contribution is 9.10. The van der Waals surface area contributed by atoms with Crippen LogP contribution in [-0.4, -0.2) is 18.0 Å². The lowest BCUT2D eigenvalue weighted by molar-refractivity contribution is 0.102. The number of carbonyl (C=O) groups is 1. The quantitative estimate of drug-likeness (QED) is 0.925. The van der Waals surface area contributed by atoms with Crippen molar-refractivity contribution in [1.82, 2.24) is 4.98 Å². The Labute approximate surface area is 123 Å². The van der Waals surface area contributed by atoms with Gasteiger partial charge in [0.1, 0.15) is 5.75 Å². The summed E-state index contributed by atoms with van der Waals surface area (Å²) < 4.78 is 5.77. The Morgan fingerprint density at radius 1 is 1.42 bits per heavy atom. The number of pyridine rings is 1. The van der Waals surface area contributed by atoms with E-state index >= 15 is 0 Å². The van der Waals surface area contributed by atoms with E-state index in [9.17, 15) is 4.79 Å². The van der Waals surface area contributed by atoms with E-state index in [1.54, 1.807) is 37.6 Å². The highest BCUT2D eigenvalue weighted by Gasteiger charge is 2.13. The van der Waals surface area contributed by atoms with E-state index in [0.29, 0.717) is 26.5 Å². The summed E-state index contributed by atoms with van der Waals surface area (Å²) in [6.45, 7) is 0. The van der Waals surface area contributed by atoms with Crippen LogP contribution in [0.15, 0.2) is 41.1 Å². The van der Waals surface area contributed by atoms with Crippen molar-refractivity contribution in [2.45, 2.75) is 0 Å². The number of carbonyl (C=O) groups excluding carboxylic acids is 1. The Morgan fingerprint density at radius 3 is 2.89 bits per heavy atom. The van der Waals surface area contributed by atoms with E-state index in [4.69, 9.17) is 16.3 Å². The monoisotopic (exact) mass is 340 g/mol. The lowest BCUT2D eigenvalue weighted by Gasteiger charge is -2.09. The number of nitrogens with zero attached hydrogens (tertiary/aromatic N) is 1. The number of hydrogen-bond donors (Lipinski definition) is 1. The first-order chi connectivity index (χ1) is 9.11. The summed E-state index contributed by atoms with van der Waals surface area (Å²) in [5.74, 6) is 0.311. The molecule has 0 aliphatic heterocycles. The molecule has 2 aromatic rings. The molecular formula is C13H10BrClN2O2. The number of halogens is 2. The molecule has 0 aliphatic carbocycles. The van der Waals surface area contributed by atoms with Crippen LogP contribution in [0.1, 0.15) is 10.4 Å². The van der Waals surface area contributed by atoms with Gasteiger partial charge in [0.2, 0.25) is 0 Å². The largest absolute Gasteiger partial charge is 0.497 e. The molecule has 19 heavy (non-hydrogen) atoms. The molecule has 1 N–H and O–H groups in total. The lowest BCUT2D eigenvalue weighted by atomic mass is 10.2. The molecule has 0 radical (unpaired) electrons. The Morgan fingerprint density at radius 2 is 2.21 bits per heavy atom. The summed E-state index contributed by atoms with van der Waals surface area (Å²) in [5.41, 5.74) is 0.920. The van der Waals surface area contributed by atoms with Gasteiger partial charge < -0.3 is 10.1 Å². The van der Waals surface area contributed by atoms with Gasteiger partial charge in [0.05, 0.1) is 29.6 Å². The van der Waals surface area contributed by atoms with Crippen molar-refractivity contribution >= 4 is 39.1 Å². The fourth-order valence-electron chi connectivity index (χ4n) is 1.46. The maximum atomic E-state index is 12.2. The molecule has 1 aromatic heterocycles. The van der Waals surface area contributed by atoms with Crippen molar-refractivity contribution in [3.63, 3.8) is 0 Å². The second kappa shape index (κ2) is 6.04. The first kappa shape index (κ1) is 13.8. The van der Waals surface area contributed by atoms with Crippen molar-refractivity contribution in [2.24, 2.45) is 0 Å². The first-order valence-corrected chi connectivity index (χ1v) is 6.53. The summed E-state index contributed by atoms with van der Waals surface area (Å²) in [7, 11) is 1.54. The van der Waals surface area contributed by atoms with Gasteiger partial charge in [0, 0.05) is 10.7 Å². The van der Waals surface area contributed by atoms with Gasteiger partial charge in [-0.15, -0.1) is 0 Å². The molecule has 4 nitrogen and oxygen atoms in total. The Kier molecular flexibility index (Phi) is 4.39. The Balaban J connectivity index is 2.28. The third-order valence-corrected chi connectivity index (χ3v) is 3.46. The molecule has 0 saturated carbocycles. The molecule has 0 atom stereocenters. The van der Waals surface area contributed by atoms with E-state index in [0.717, 1.165) is 0 Å². The van der Waals surface area contributed by atoms with Crippen LogP contribution in [0, 0.1) is 0 Å². The van der Waals surface area contributed by atoms with Gasteiger partial charge in [-0.25, -0.2) is 0 Å². The zero-order valence-electron chi connectivity index (χ0n) is 9.98. The second-order valence-corrected chi connectivity index (χ2v) is 4.92. The average Bonchev–Trinajstić information content (AvgIpc) is 2.42. The number of aromatic nitrogens is 1. The molecule has 1 aromatic carbocycles. The maximum Gasteiger partial charge on any atom is 0.257 e. The molecular weight excluding hydrogens is 332 g/mol.